The van der Waals surface area contributed by atoms with Crippen LogP contribution in [-0.4, -0.2) is 41.1 Å². The molecule has 0 saturated heterocycles. The number of nitrogen functional groups attached to an aromatic ring is 2. The number of aromatic nitrogens is 3. The Morgan fingerprint density at radius 2 is 1.79 bits per heavy atom. The molecule has 0 bridgehead atoms. The van der Waals surface area contributed by atoms with Gasteiger partial charge in [0, 0.05) is 6.20 Å². The number of pyridine rings is 1. The van der Waals surface area contributed by atoms with E-state index in [9.17, 15) is 9.59 Å². The van der Waals surface area contributed by atoms with E-state index in [2.05, 4.69) is 19.7 Å². The number of esters is 2. The van der Waals surface area contributed by atoms with Gasteiger partial charge in [-0.3, -0.25) is 4.79 Å². The summed E-state index contributed by atoms with van der Waals surface area (Å²) in [6, 6.07) is 8.37. The third-order valence-electron chi connectivity index (χ3n) is 4.31. The van der Waals surface area contributed by atoms with Crippen LogP contribution in [0, 0.1) is 0 Å². The highest BCUT2D eigenvalue weighted by molar-refractivity contribution is 5.89. The molecule has 9 heteroatoms. The van der Waals surface area contributed by atoms with Crippen molar-refractivity contribution in [3.63, 3.8) is 0 Å². The largest absolute Gasteiger partial charge is 0.469 e. The van der Waals surface area contributed by atoms with Gasteiger partial charge in [0.1, 0.15) is 5.82 Å². The first-order valence-electron chi connectivity index (χ1n) is 8.36. The first-order valence-corrected chi connectivity index (χ1v) is 8.36. The van der Waals surface area contributed by atoms with Crippen LogP contribution in [0.2, 0.25) is 0 Å². The Kier molecular flexibility index (Phi) is 5.35. The molecule has 28 heavy (non-hydrogen) atoms. The maximum absolute atomic E-state index is 12.4. The monoisotopic (exact) mass is 381 g/mol. The summed E-state index contributed by atoms with van der Waals surface area (Å²) in [5.41, 5.74) is 13.7. The minimum Gasteiger partial charge on any atom is -0.469 e. The first kappa shape index (κ1) is 19.0. The highest BCUT2D eigenvalue weighted by atomic mass is 16.5. The third kappa shape index (κ3) is 3.83. The van der Waals surface area contributed by atoms with Gasteiger partial charge < -0.3 is 20.9 Å². The fourth-order valence-electron chi connectivity index (χ4n) is 2.89. The maximum atomic E-state index is 12.4. The molecule has 0 fully saturated rings. The van der Waals surface area contributed by atoms with Crippen LogP contribution in [0.15, 0.2) is 36.5 Å². The minimum absolute atomic E-state index is 0.0448. The van der Waals surface area contributed by atoms with Crippen LogP contribution in [0.25, 0.3) is 11.0 Å². The molecular weight excluding hydrogens is 362 g/mol. The van der Waals surface area contributed by atoms with Gasteiger partial charge in [-0.2, -0.15) is 9.97 Å². The Morgan fingerprint density at radius 3 is 2.43 bits per heavy atom. The second-order valence-electron chi connectivity index (χ2n) is 6.08. The second-order valence-corrected chi connectivity index (χ2v) is 6.08. The van der Waals surface area contributed by atoms with E-state index >= 15 is 0 Å². The Hall–Kier alpha value is -3.75. The number of nitrogens with zero attached hydrogens (tertiary/aromatic N) is 3. The van der Waals surface area contributed by atoms with Gasteiger partial charge in [-0.05, 0) is 35.7 Å². The van der Waals surface area contributed by atoms with Crippen molar-refractivity contribution >= 4 is 34.7 Å². The number of hydrogen-bond acceptors (Lipinski definition) is 9. The van der Waals surface area contributed by atoms with Crippen LogP contribution in [0.5, 0.6) is 0 Å². The summed E-state index contributed by atoms with van der Waals surface area (Å²) in [7, 11) is 2.63. The highest BCUT2D eigenvalue weighted by Gasteiger charge is 2.23. The molecule has 2 heterocycles. The van der Waals surface area contributed by atoms with E-state index in [0.29, 0.717) is 28.6 Å². The molecule has 0 aliphatic carbocycles. The van der Waals surface area contributed by atoms with E-state index < -0.39 is 17.9 Å². The molecule has 0 radical (unpaired) electrons. The predicted molar refractivity (Wildman–Crippen MR) is 102 cm³/mol. The molecular formula is C19H19N5O4. The van der Waals surface area contributed by atoms with Crippen molar-refractivity contribution < 1.29 is 19.1 Å². The lowest BCUT2D eigenvalue weighted by atomic mass is 9.91. The van der Waals surface area contributed by atoms with Crippen LogP contribution in [-0.2, 0) is 20.7 Å². The van der Waals surface area contributed by atoms with E-state index in [0.717, 1.165) is 5.56 Å². The molecule has 1 aromatic carbocycles. The molecule has 1 atom stereocenters. The lowest BCUT2D eigenvalue weighted by Crippen LogP contribution is -2.17. The number of methoxy groups -OCH3 is 2. The van der Waals surface area contributed by atoms with E-state index in [-0.39, 0.29) is 11.8 Å². The van der Waals surface area contributed by atoms with Crippen molar-refractivity contribution in [1.82, 2.24) is 15.0 Å². The number of rotatable bonds is 5. The Balaban J connectivity index is 1.94. The minimum atomic E-state index is -0.591. The molecule has 0 aliphatic rings. The molecule has 0 spiro atoms. The van der Waals surface area contributed by atoms with Gasteiger partial charge in [0.2, 0.25) is 5.95 Å². The van der Waals surface area contributed by atoms with E-state index in [4.69, 9.17) is 16.2 Å². The number of nitrogens with two attached hydrogens (primary N) is 2. The maximum Gasteiger partial charge on any atom is 0.337 e. The van der Waals surface area contributed by atoms with Gasteiger partial charge in [-0.25, -0.2) is 9.78 Å². The van der Waals surface area contributed by atoms with Crippen molar-refractivity contribution in [1.29, 1.82) is 0 Å². The summed E-state index contributed by atoms with van der Waals surface area (Å²) >= 11 is 0. The molecule has 0 aliphatic heterocycles. The normalized spacial score (nSPS) is 11.8. The summed E-state index contributed by atoms with van der Waals surface area (Å²) in [5, 5.41) is 0.552. The van der Waals surface area contributed by atoms with Crippen LogP contribution in [0.3, 0.4) is 0 Å². The lowest BCUT2D eigenvalue weighted by Gasteiger charge is -2.16. The van der Waals surface area contributed by atoms with Crippen molar-refractivity contribution in [2.75, 3.05) is 25.7 Å². The quantitative estimate of drug-likeness (QED) is 0.628. The van der Waals surface area contributed by atoms with Gasteiger partial charge in [0.25, 0.3) is 0 Å². The van der Waals surface area contributed by atoms with Crippen LogP contribution < -0.4 is 11.5 Å². The molecule has 3 rings (SSSR count). The molecule has 4 N–H and O–H groups in total. The van der Waals surface area contributed by atoms with Crippen molar-refractivity contribution in [2.45, 2.75) is 12.3 Å². The van der Waals surface area contributed by atoms with E-state index in [1.807, 2.05) is 0 Å². The van der Waals surface area contributed by atoms with E-state index in [1.54, 1.807) is 36.5 Å². The van der Waals surface area contributed by atoms with Gasteiger partial charge in [0.15, 0.2) is 5.65 Å². The van der Waals surface area contributed by atoms with Crippen LogP contribution in [0.4, 0.5) is 11.8 Å². The Bertz CT molecular complexity index is 1040. The zero-order chi connectivity index (χ0) is 20.3. The van der Waals surface area contributed by atoms with Crippen molar-refractivity contribution in [2.24, 2.45) is 0 Å². The summed E-state index contributed by atoms with van der Waals surface area (Å²) in [5.74, 6) is -1.19. The molecule has 9 nitrogen and oxygen atoms in total. The van der Waals surface area contributed by atoms with Gasteiger partial charge in [0.05, 0.1) is 31.1 Å². The second kappa shape index (κ2) is 7.87. The number of benzene rings is 1. The molecule has 3 aromatic rings. The standard InChI is InChI=1S/C19H19N5O4/c1-27-17(25)12-5-3-11(4-6-12)13(18(26)28-2)7-10-8-14-15(20)23-19(21)24-16(14)22-9-10/h3-6,8-9,13H,7H2,1-2H3,(H4,20,21,22,23,24)/t13-/m0/s1. The summed E-state index contributed by atoms with van der Waals surface area (Å²) in [4.78, 5) is 36.2. The smallest absolute Gasteiger partial charge is 0.337 e. The topological polar surface area (TPSA) is 143 Å². The average molecular weight is 381 g/mol. The molecule has 144 valence electrons. The number of hydrogen-bond donors (Lipinski definition) is 2. The lowest BCUT2D eigenvalue weighted by molar-refractivity contribution is -0.142. The average Bonchev–Trinajstić information content (AvgIpc) is 2.71. The van der Waals surface area contributed by atoms with Crippen LogP contribution in [0.1, 0.15) is 27.4 Å². The molecule has 0 unspecified atom stereocenters. The number of carbonyl (C=O) groups excluding carboxylic acids is 2. The Morgan fingerprint density at radius 1 is 1.07 bits per heavy atom. The molecule has 2 aromatic heterocycles. The molecule has 0 amide bonds. The summed E-state index contributed by atoms with van der Waals surface area (Å²) in [6.45, 7) is 0. The zero-order valence-corrected chi connectivity index (χ0v) is 15.4. The van der Waals surface area contributed by atoms with Gasteiger partial charge >= 0.3 is 11.9 Å². The zero-order valence-electron chi connectivity index (χ0n) is 15.4. The fraction of sp³-hybridized carbons (Fsp3) is 0.211. The van der Waals surface area contributed by atoms with Gasteiger partial charge in [-0.15, -0.1) is 0 Å². The SMILES string of the molecule is COC(=O)c1ccc([C@H](Cc2cnc3nc(N)nc(N)c3c2)C(=O)OC)cc1. The van der Waals surface area contributed by atoms with E-state index in [1.165, 1.54) is 14.2 Å². The number of carbonyl (C=O) groups is 2. The predicted octanol–water partition coefficient (Wildman–Crippen LogP) is 1.48. The highest BCUT2D eigenvalue weighted by Crippen LogP contribution is 2.25. The number of ether oxygens (including phenoxy) is 2. The van der Waals surface area contributed by atoms with Crippen molar-refractivity contribution in [3.05, 3.63) is 53.2 Å². The number of fused-ring (bicyclic) bond motifs is 1. The Labute approximate surface area is 160 Å². The number of anilines is 2. The fourth-order valence-corrected chi connectivity index (χ4v) is 2.89. The summed E-state index contributed by atoms with van der Waals surface area (Å²) < 4.78 is 9.64. The van der Waals surface area contributed by atoms with Crippen molar-refractivity contribution in [3.8, 4) is 0 Å². The van der Waals surface area contributed by atoms with Crippen LogP contribution >= 0.6 is 0 Å². The summed E-state index contributed by atoms with van der Waals surface area (Å²) in [6.07, 6.45) is 1.92. The van der Waals surface area contributed by atoms with Gasteiger partial charge in [-0.1, -0.05) is 12.1 Å². The third-order valence-corrected chi connectivity index (χ3v) is 4.31. The first-order chi connectivity index (χ1) is 13.4. The molecule has 0 saturated carbocycles.